The van der Waals surface area contributed by atoms with Crippen molar-refractivity contribution in [1.82, 2.24) is 4.98 Å². The lowest BCUT2D eigenvalue weighted by molar-refractivity contribution is -0.386. The van der Waals surface area contributed by atoms with Crippen LogP contribution in [0.2, 0.25) is 0 Å². The van der Waals surface area contributed by atoms with Crippen molar-refractivity contribution in [2.24, 2.45) is 0 Å². The second-order valence-corrected chi connectivity index (χ2v) is 3.38. The van der Waals surface area contributed by atoms with Gasteiger partial charge in [0.05, 0.1) is 4.92 Å². The van der Waals surface area contributed by atoms with Crippen LogP contribution in [0.3, 0.4) is 0 Å². The first kappa shape index (κ1) is 11.7. The number of carbonyl (C=O) groups is 1. The monoisotopic (exact) mass is 244 g/mol. The van der Waals surface area contributed by atoms with Gasteiger partial charge in [-0.2, -0.15) is 0 Å². The molecule has 0 aliphatic rings. The molecule has 0 spiro atoms. The quantitative estimate of drug-likeness (QED) is 0.469. The predicted molar refractivity (Wildman–Crippen MR) is 62.8 cm³/mol. The van der Waals surface area contributed by atoms with E-state index in [-0.39, 0.29) is 11.6 Å². The summed E-state index contributed by atoms with van der Waals surface area (Å²) >= 11 is 0. The molecule has 0 unspecified atom stereocenters. The number of carbonyl (C=O) groups excluding carboxylic acids is 1. The Balaban J connectivity index is 2.33. The number of hydrogen-bond donors (Lipinski definition) is 0. The predicted octanol–water partition coefficient (Wildman–Crippen LogP) is 2.59. The van der Waals surface area contributed by atoms with Crippen LogP contribution in [0.4, 0.5) is 5.69 Å². The fraction of sp³-hybridized carbons (Fsp3) is 0. The number of benzene rings is 1. The van der Waals surface area contributed by atoms with E-state index in [1.807, 2.05) is 0 Å². The van der Waals surface area contributed by atoms with Gasteiger partial charge in [-0.25, -0.2) is 4.98 Å². The van der Waals surface area contributed by atoms with Crippen LogP contribution in [0.1, 0.15) is 10.4 Å². The standard InChI is InChI=1S/C12H8N2O4/c15-8-9-3-1-4-10(7-9)18-12-11(14(16)17)5-2-6-13-12/h1-8H. The van der Waals surface area contributed by atoms with E-state index in [2.05, 4.69) is 4.98 Å². The van der Waals surface area contributed by atoms with Gasteiger partial charge < -0.3 is 4.74 Å². The molecule has 0 bridgehead atoms. The third-order valence-electron chi connectivity index (χ3n) is 2.16. The zero-order chi connectivity index (χ0) is 13.0. The van der Waals surface area contributed by atoms with E-state index in [4.69, 9.17) is 4.74 Å². The van der Waals surface area contributed by atoms with Crippen molar-refractivity contribution < 1.29 is 14.5 Å². The zero-order valence-electron chi connectivity index (χ0n) is 9.15. The van der Waals surface area contributed by atoms with Gasteiger partial charge in [0.1, 0.15) is 12.0 Å². The van der Waals surface area contributed by atoms with Crippen LogP contribution in [-0.2, 0) is 0 Å². The summed E-state index contributed by atoms with van der Waals surface area (Å²) in [5.74, 6) is 0.215. The van der Waals surface area contributed by atoms with E-state index in [0.29, 0.717) is 17.6 Å². The number of hydrogen-bond acceptors (Lipinski definition) is 5. The van der Waals surface area contributed by atoms with Crippen molar-refractivity contribution in [3.05, 3.63) is 58.3 Å². The molecule has 6 nitrogen and oxygen atoms in total. The van der Waals surface area contributed by atoms with Crippen molar-refractivity contribution in [1.29, 1.82) is 0 Å². The van der Waals surface area contributed by atoms with Gasteiger partial charge in [0, 0.05) is 17.8 Å². The number of nitro groups is 1. The van der Waals surface area contributed by atoms with Crippen LogP contribution < -0.4 is 4.74 Å². The lowest BCUT2D eigenvalue weighted by atomic mass is 10.2. The highest BCUT2D eigenvalue weighted by Gasteiger charge is 2.16. The Labute approximate surface area is 102 Å². The highest BCUT2D eigenvalue weighted by atomic mass is 16.6. The van der Waals surface area contributed by atoms with E-state index in [1.165, 1.54) is 24.4 Å². The maximum absolute atomic E-state index is 10.8. The summed E-state index contributed by atoms with van der Waals surface area (Å²) in [5.41, 5.74) is 0.195. The van der Waals surface area contributed by atoms with Crippen molar-refractivity contribution in [2.75, 3.05) is 0 Å². The molecule has 0 saturated carbocycles. The summed E-state index contributed by atoms with van der Waals surface area (Å²) in [5, 5.41) is 10.8. The molecule has 0 aliphatic carbocycles. The largest absolute Gasteiger partial charge is 0.434 e. The van der Waals surface area contributed by atoms with Crippen LogP contribution in [-0.4, -0.2) is 16.2 Å². The van der Waals surface area contributed by atoms with Crippen LogP contribution in [0.5, 0.6) is 11.6 Å². The van der Waals surface area contributed by atoms with E-state index in [9.17, 15) is 14.9 Å². The van der Waals surface area contributed by atoms with E-state index < -0.39 is 4.92 Å². The van der Waals surface area contributed by atoms with Crippen molar-refractivity contribution >= 4 is 12.0 Å². The third kappa shape index (κ3) is 2.49. The molecule has 0 aliphatic heterocycles. The summed E-state index contributed by atoms with van der Waals surface area (Å²) in [4.78, 5) is 24.6. The lowest BCUT2D eigenvalue weighted by Crippen LogP contribution is -1.95. The number of pyridine rings is 1. The maximum Gasteiger partial charge on any atom is 0.331 e. The highest BCUT2D eigenvalue weighted by Crippen LogP contribution is 2.28. The van der Waals surface area contributed by atoms with Crippen LogP contribution in [0, 0.1) is 10.1 Å². The minimum atomic E-state index is -0.577. The van der Waals surface area contributed by atoms with Gasteiger partial charge in [0.15, 0.2) is 0 Å². The second kappa shape index (κ2) is 5.05. The Kier molecular flexibility index (Phi) is 3.29. The van der Waals surface area contributed by atoms with E-state index in [1.54, 1.807) is 18.2 Å². The van der Waals surface area contributed by atoms with Crippen LogP contribution >= 0.6 is 0 Å². The average molecular weight is 244 g/mol. The highest BCUT2D eigenvalue weighted by molar-refractivity contribution is 5.75. The molecule has 2 aromatic rings. The van der Waals surface area contributed by atoms with Gasteiger partial charge in [0.25, 0.3) is 5.88 Å². The molecule has 0 radical (unpaired) electrons. The number of aldehydes is 1. The minimum absolute atomic E-state index is 0.106. The van der Waals surface area contributed by atoms with Gasteiger partial charge in [0.2, 0.25) is 0 Å². The molecule has 0 atom stereocenters. The molecule has 90 valence electrons. The Hall–Kier alpha value is -2.76. The van der Waals surface area contributed by atoms with Gasteiger partial charge in [-0.05, 0) is 18.2 Å². The molecular formula is C12H8N2O4. The molecule has 0 amide bonds. The topological polar surface area (TPSA) is 82.3 Å². The SMILES string of the molecule is O=Cc1cccc(Oc2ncccc2[N+](=O)[O-])c1. The molecular weight excluding hydrogens is 236 g/mol. The number of aromatic nitrogens is 1. The summed E-state index contributed by atoms with van der Waals surface area (Å²) in [6.07, 6.45) is 2.06. The van der Waals surface area contributed by atoms with E-state index in [0.717, 1.165) is 0 Å². The average Bonchev–Trinajstić information content (AvgIpc) is 2.39. The minimum Gasteiger partial charge on any atom is -0.434 e. The smallest absolute Gasteiger partial charge is 0.331 e. The molecule has 1 aromatic heterocycles. The summed E-state index contributed by atoms with van der Waals surface area (Å²) in [6, 6.07) is 9.04. The maximum atomic E-state index is 10.8. The van der Waals surface area contributed by atoms with Gasteiger partial charge in [-0.15, -0.1) is 0 Å². The van der Waals surface area contributed by atoms with E-state index >= 15 is 0 Å². The number of ether oxygens (including phenoxy) is 1. The fourth-order valence-electron chi connectivity index (χ4n) is 1.36. The van der Waals surface area contributed by atoms with Crippen LogP contribution in [0.25, 0.3) is 0 Å². The lowest BCUT2D eigenvalue weighted by Gasteiger charge is -2.04. The number of nitrogens with zero attached hydrogens (tertiary/aromatic N) is 2. The Morgan fingerprint density at radius 1 is 1.28 bits per heavy atom. The molecule has 6 heteroatoms. The normalized spacial score (nSPS) is 9.78. The molecule has 0 N–H and O–H groups in total. The number of rotatable bonds is 4. The van der Waals surface area contributed by atoms with Crippen molar-refractivity contribution in [2.45, 2.75) is 0 Å². The van der Waals surface area contributed by atoms with Gasteiger partial charge in [-0.3, -0.25) is 14.9 Å². The van der Waals surface area contributed by atoms with Gasteiger partial charge >= 0.3 is 5.69 Å². The third-order valence-corrected chi connectivity index (χ3v) is 2.16. The zero-order valence-corrected chi connectivity index (χ0v) is 9.15. The van der Waals surface area contributed by atoms with Crippen molar-refractivity contribution in [3.8, 4) is 11.6 Å². The Morgan fingerprint density at radius 3 is 2.83 bits per heavy atom. The van der Waals surface area contributed by atoms with Gasteiger partial charge in [-0.1, -0.05) is 12.1 Å². The summed E-state index contributed by atoms with van der Waals surface area (Å²) < 4.78 is 5.30. The first-order valence-corrected chi connectivity index (χ1v) is 5.03. The Bertz CT molecular complexity index is 598. The first-order chi connectivity index (χ1) is 8.70. The first-order valence-electron chi connectivity index (χ1n) is 5.03. The van der Waals surface area contributed by atoms with Crippen molar-refractivity contribution in [3.63, 3.8) is 0 Å². The molecule has 2 rings (SSSR count). The Morgan fingerprint density at radius 2 is 2.11 bits per heavy atom. The molecule has 0 fully saturated rings. The van der Waals surface area contributed by atoms with Crippen LogP contribution in [0.15, 0.2) is 42.6 Å². The fourth-order valence-corrected chi connectivity index (χ4v) is 1.36. The summed E-state index contributed by atoms with van der Waals surface area (Å²) in [7, 11) is 0. The second-order valence-electron chi connectivity index (χ2n) is 3.38. The molecule has 0 saturated heterocycles. The summed E-state index contributed by atoms with van der Waals surface area (Å²) in [6.45, 7) is 0. The molecule has 1 aromatic carbocycles. The molecule has 1 heterocycles. The molecule has 18 heavy (non-hydrogen) atoms.